The molecule has 2 heteroatoms. The van der Waals surface area contributed by atoms with Crippen LogP contribution in [-0.2, 0) is 0 Å². The zero-order valence-electron chi connectivity index (χ0n) is 8.10. The lowest BCUT2D eigenvalue weighted by Crippen LogP contribution is -1.93. The summed E-state index contributed by atoms with van der Waals surface area (Å²) in [4.78, 5) is 0. The van der Waals surface area contributed by atoms with Gasteiger partial charge in [-0.25, -0.2) is 0 Å². The smallest absolute Gasteiger partial charge is 0.150 e. The lowest BCUT2D eigenvalue weighted by Gasteiger charge is -2.06. The molecule has 0 unspecified atom stereocenters. The van der Waals surface area contributed by atoms with Crippen molar-refractivity contribution in [3.8, 4) is 11.5 Å². The number of para-hydroxylation sites is 3. The van der Waals surface area contributed by atoms with Crippen LogP contribution in [0.1, 0.15) is 5.56 Å². The van der Waals surface area contributed by atoms with Gasteiger partial charge in [-0.05, 0) is 18.2 Å². The van der Waals surface area contributed by atoms with Crippen molar-refractivity contribution in [2.75, 3.05) is 5.32 Å². The molecule has 1 aliphatic heterocycles. The lowest BCUT2D eigenvalue weighted by atomic mass is 10.2. The second kappa shape index (κ2) is 3.31. The van der Waals surface area contributed by atoms with Gasteiger partial charge in [-0.1, -0.05) is 30.3 Å². The fraction of sp³-hybridized carbons (Fsp3) is 0. The number of nitrogens with one attached hydrogen (secondary N) is 1. The van der Waals surface area contributed by atoms with Crippen LogP contribution in [0, 0.1) is 6.54 Å². The number of benzene rings is 2. The van der Waals surface area contributed by atoms with E-state index in [1.807, 2.05) is 55.1 Å². The first-order valence-electron chi connectivity index (χ1n) is 4.89. The molecule has 0 saturated carbocycles. The van der Waals surface area contributed by atoms with Crippen molar-refractivity contribution in [2.24, 2.45) is 0 Å². The summed E-state index contributed by atoms with van der Waals surface area (Å²) in [6.45, 7) is 1.96. The molecule has 2 aromatic rings. The van der Waals surface area contributed by atoms with Crippen LogP contribution in [0.2, 0.25) is 0 Å². The Kier molecular flexibility index (Phi) is 1.85. The minimum Gasteiger partial charge on any atom is -0.455 e. The van der Waals surface area contributed by atoms with Gasteiger partial charge in [-0.15, -0.1) is 0 Å². The molecule has 0 atom stereocenters. The first kappa shape index (κ1) is 8.36. The summed E-state index contributed by atoms with van der Waals surface area (Å²) in [6, 6.07) is 15.9. The molecular formula is C13H10NO. The third-order valence-corrected chi connectivity index (χ3v) is 2.41. The number of anilines is 1. The summed E-state index contributed by atoms with van der Waals surface area (Å²) in [5.74, 6) is 1.74. The molecule has 0 aliphatic carbocycles. The van der Waals surface area contributed by atoms with Gasteiger partial charge in [-0.2, -0.15) is 0 Å². The van der Waals surface area contributed by atoms with Crippen LogP contribution in [-0.4, -0.2) is 0 Å². The topological polar surface area (TPSA) is 21.3 Å². The Morgan fingerprint density at radius 3 is 2.47 bits per heavy atom. The normalized spacial score (nSPS) is 12.8. The fourth-order valence-electron chi connectivity index (χ4n) is 1.64. The maximum atomic E-state index is 5.81. The van der Waals surface area contributed by atoms with Crippen molar-refractivity contribution >= 4 is 5.69 Å². The Bertz CT molecular complexity index is 448. The quantitative estimate of drug-likeness (QED) is 0.697. The van der Waals surface area contributed by atoms with E-state index < -0.39 is 0 Å². The summed E-state index contributed by atoms with van der Waals surface area (Å²) >= 11 is 0. The van der Waals surface area contributed by atoms with Crippen LogP contribution in [0.4, 0.5) is 5.69 Å². The Hall–Kier alpha value is -1.96. The zero-order chi connectivity index (χ0) is 10.1. The molecule has 3 rings (SSSR count). The van der Waals surface area contributed by atoms with Gasteiger partial charge in [0.1, 0.15) is 5.75 Å². The highest BCUT2D eigenvalue weighted by molar-refractivity contribution is 5.63. The van der Waals surface area contributed by atoms with Crippen molar-refractivity contribution in [2.45, 2.75) is 0 Å². The minimum atomic E-state index is 0.860. The van der Waals surface area contributed by atoms with E-state index in [0.717, 1.165) is 22.7 Å². The van der Waals surface area contributed by atoms with Gasteiger partial charge < -0.3 is 10.1 Å². The molecule has 0 amide bonds. The molecule has 1 N–H and O–H groups in total. The van der Waals surface area contributed by atoms with E-state index in [1.54, 1.807) is 0 Å². The highest BCUT2D eigenvalue weighted by Crippen LogP contribution is 2.35. The van der Waals surface area contributed by atoms with E-state index in [9.17, 15) is 0 Å². The van der Waals surface area contributed by atoms with Gasteiger partial charge >= 0.3 is 0 Å². The molecule has 0 bridgehead atoms. The molecule has 0 spiro atoms. The maximum absolute atomic E-state index is 5.81. The van der Waals surface area contributed by atoms with Crippen LogP contribution in [0.5, 0.6) is 11.5 Å². The molecule has 1 aliphatic rings. The molecule has 0 fully saturated rings. The second-order valence-electron chi connectivity index (χ2n) is 3.42. The van der Waals surface area contributed by atoms with Crippen LogP contribution < -0.4 is 10.1 Å². The van der Waals surface area contributed by atoms with Crippen LogP contribution in [0.25, 0.3) is 0 Å². The monoisotopic (exact) mass is 196 g/mol. The van der Waals surface area contributed by atoms with Gasteiger partial charge in [-0.3, -0.25) is 0 Å². The van der Waals surface area contributed by atoms with Gasteiger partial charge in [0.25, 0.3) is 0 Å². The summed E-state index contributed by atoms with van der Waals surface area (Å²) in [5, 5.41) is 3.23. The van der Waals surface area contributed by atoms with Gasteiger partial charge in [0.15, 0.2) is 5.75 Å². The highest BCUT2D eigenvalue weighted by Gasteiger charge is 2.12. The third-order valence-electron chi connectivity index (χ3n) is 2.41. The molecular weight excluding hydrogens is 186 g/mol. The SMILES string of the molecule is [CH]1Nc2ccccc2Oc2ccccc21. The number of hydrogen-bond acceptors (Lipinski definition) is 2. The van der Waals surface area contributed by atoms with Crippen LogP contribution in [0.3, 0.4) is 0 Å². The van der Waals surface area contributed by atoms with Crippen molar-refractivity contribution < 1.29 is 4.74 Å². The summed E-state index contributed by atoms with van der Waals surface area (Å²) in [7, 11) is 0. The number of fused-ring (bicyclic) bond motifs is 2. The average Bonchev–Trinajstić information content (AvgIpc) is 2.48. The van der Waals surface area contributed by atoms with E-state index >= 15 is 0 Å². The van der Waals surface area contributed by atoms with Gasteiger partial charge in [0, 0.05) is 5.56 Å². The third kappa shape index (κ3) is 1.44. The molecule has 73 valence electrons. The zero-order valence-corrected chi connectivity index (χ0v) is 8.10. The molecule has 0 saturated heterocycles. The molecule has 1 radical (unpaired) electrons. The van der Waals surface area contributed by atoms with E-state index in [1.165, 1.54) is 0 Å². The molecule has 15 heavy (non-hydrogen) atoms. The van der Waals surface area contributed by atoms with Gasteiger partial charge in [0.05, 0.1) is 12.2 Å². The van der Waals surface area contributed by atoms with Crippen molar-refractivity contribution in [1.82, 2.24) is 0 Å². The lowest BCUT2D eigenvalue weighted by molar-refractivity contribution is 0.485. The predicted octanol–water partition coefficient (Wildman–Crippen LogP) is 3.41. The standard InChI is InChI=1S/C13H10NO/c1-3-7-12-10(5-1)9-14-11-6-2-4-8-13(11)15-12/h1-9,14H. The first-order valence-corrected chi connectivity index (χ1v) is 4.89. The summed E-state index contributed by atoms with van der Waals surface area (Å²) < 4.78 is 5.81. The highest BCUT2D eigenvalue weighted by atomic mass is 16.5. The first-order chi connectivity index (χ1) is 7.43. The average molecular weight is 196 g/mol. The maximum Gasteiger partial charge on any atom is 0.150 e. The molecule has 0 aromatic heterocycles. The predicted molar refractivity (Wildman–Crippen MR) is 60.0 cm³/mol. The van der Waals surface area contributed by atoms with E-state index in [2.05, 4.69) is 5.32 Å². The second-order valence-corrected chi connectivity index (χ2v) is 3.42. The number of hydrogen-bond donors (Lipinski definition) is 1. The largest absolute Gasteiger partial charge is 0.455 e. The van der Waals surface area contributed by atoms with E-state index in [-0.39, 0.29) is 0 Å². The molecule has 2 nitrogen and oxygen atoms in total. The summed E-state index contributed by atoms with van der Waals surface area (Å²) in [5.41, 5.74) is 2.06. The number of rotatable bonds is 0. The minimum absolute atomic E-state index is 0.860. The van der Waals surface area contributed by atoms with E-state index in [4.69, 9.17) is 4.74 Å². The number of ether oxygens (including phenoxy) is 1. The van der Waals surface area contributed by atoms with Crippen molar-refractivity contribution in [3.05, 3.63) is 60.6 Å². The Labute approximate surface area is 88.5 Å². The summed E-state index contributed by atoms with van der Waals surface area (Å²) in [6.07, 6.45) is 0. The van der Waals surface area contributed by atoms with Crippen molar-refractivity contribution in [1.29, 1.82) is 0 Å². The van der Waals surface area contributed by atoms with Gasteiger partial charge in [0.2, 0.25) is 0 Å². The Morgan fingerprint density at radius 2 is 1.53 bits per heavy atom. The van der Waals surface area contributed by atoms with Crippen LogP contribution >= 0.6 is 0 Å². The van der Waals surface area contributed by atoms with Crippen LogP contribution in [0.15, 0.2) is 48.5 Å². The van der Waals surface area contributed by atoms with E-state index in [0.29, 0.717) is 0 Å². The molecule has 2 aromatic carbocycles. The Balaban J connectivity index is 2.10. The molecule has 1 heterocycles. The Morgan fingerprint density at radius 1 is 0.800 bits per heavy atom. The van der Waals surface area contributed by atoms with Crippen molar-refractivity contribution in [3.63, 3.8) is 0 Å². The fourth-order valence-corrected chi connectivity index (χ4v) is 1.64.